The minimum atomic E-state index is -2.49. The third-order valence-corrected chi connectivity index (χ3v) is 2.56. The van der Waals surface area contributed by atoms with Crippen molar-refractivity contribution < 1.29 is 18.7 Å². The summed E-state index contributed by atoms with van der Waals surface area (Å²) in [6.07, 6.45) is -0.252. The molecule has 0 N–H and O–H groups in total. The monoisotopic (exact) mass is 233 g/mol. The second-order valence-corrected chi connectivity index (χ2v) is 3.83. The summed E-state index contributed by atoms with van der Waals surface area (Å²) in [6, 6.07) is 5.62. The first-order chi connectivity index (χ1) is 7.96. The second kappa shape index (κ2) is 3.67. The van der Waals surface area contributed by atoms with Crippen LogP contribution in [0.25, 0.3) is 0 Å². The second-order valence-electron chi connectivity index (χ2n) is 3.83. The average Bonchev–Trinajstić information content (AvgIpc) is 2.52. The molecule has 1 aliphatic carbocycles. The molecule has 1 aromatic rings. The SMILES string of the molecule is CC(=O)Oc1ccc2c(c1)C(=O)C(F)(C#N)C2. The van der Waals surface area contributed by atoms with E-state index in [1.54, 1.807) is 0 Å². The van der Waals surface area contributed by atoms with Gasteiger partial charge in [-0.05, 0) is 17.7 Å². The van der Waals surface area contributed by atoms with Crippen LogP contribution in [0.2, 0.25) is 0 Å². The molecule has 0 amide bonds. The fourth-order valence-electron chi connectivity index (χ4n) is 1.80. The zero-order valence-corrected chi connectivity index (χ0v) is 8.99. The molecule has 17 heavy (non-hydrogen) atoms. The molecule has 0 fully saturated rings. The predicted molar refractivity (Wildman–Crippen MR) is 55.2 cm³/mol. The van der Waals surface area contributed by atoms with Crippen LogP contribution in [0.5, 0.6) is 5.75 Å². The van der Waals surface area contributed by atoms with Gasteiger partial charge in [0.2, 0.25) is 5.78 Å². The number of esters is 1. The summed E-state index contributed by atoms with van der Waals surface area (Å²) in [5, 5.41) is 8.65. The van der Waals surface area contributed by atoms with Gasteiger partial charge in [0.25, 0.3) is 5.67 Å². The molecule has 1 unspecified atom stereocenters. The molecule has 1 aromatic carbocycles. The van der Waals surface area contributed by atoms with E-state index in [2.05, 4.69) is 0 Å². The highest BCUT2D eigenvalue weighted by atomic mass is 19.1. The van der Waals surface area contributed by atoms with E-state index in [1.807, 2.05) is 0 Å². The van der Waals surface area contributed by atoms with Crippen LogP contribution < -0.4 is 4.74 Å². The number of nitrogens with zero attached hydrogens (tertiary/aromatic N) is 1. The average molecular weight is 233 g/mol. The number of alkyl halides is 1. The standard InChI is InChI=1S/C12H8FNO3/c1-7(15)17-9-3-2-8-5-12(13,6-14)11(16)10(8)4-9/h2-4H,5H2,1H3. The van der Waals surface area contributed by atoms with E-state index in [0.717, 1.165) is 0 Å². The highest BCUT2D eigenvalue weighted by Crippen LogP contribution is 2.34. The van der Waals surface area contributed by atoms with Gasteiger partial charge in [-0.1, -0.05) is 6.07 Å². The normalized spacial score (nSPS) is 21.8. The van der Waals surface area contributed by atoms with E-state index >= 15 is 0 Å². The van der Waals surface area contributed by atoms with E-state index in [9.17, 15) is 14.0 Å². The van der Waals surface area contributed by atoms with Crippen LogP contribution in [0.4, 0.5) is 4.39 Å². The van der Waals surface area contributed by atoms with Crippen molar-refractivity contribution in [3.63, 3.8) is 0 Å². The van der Waals surface area contributed by atoms with Gasteiger partial charge in [0.05, 0.1) is 0 Å². The topological polar surface area (TPSA) is 67.2 Å². The van der Waals surface area contributed by atoms with Crippen LogP contribution in [0, 0.1) is 11.3 Å². The van der Waals surface area contributed by atoms with Crippen molar-refractivity contribution in [2.24, 2.45) is 0 Å². The molecule has 5 heteroatoms. The lowest BCUT2D eigenvalue weighted by molar-refractivity contribution is -0.131. The first-order valence-corrected chi connectivity index (χ1v) is 4.92. The molecule has 1 atom stereocenters. The number of fused-ring (bicyclic) bond motifs is 1. The predicted octanol–water partition coefficient (Wildman–Crippen LogP) is 1.58. The summed E-state index contributed by atoms with van der Waals surface area (Å²) in [5.41, 5.74) is -1.93. The maximum Gasteiger partial charge on any atom is 0.308 e. The number of nitriles is 1. The number of carbonyl (C=O) groups is 2. The van der Waals surface area contributed by atoms with Gasteiger partial charge in [-0.3, -0.25) is 9.59 Å². The van der Waals surface area contributed by atoms with Crippen LogP contribution >= 0.6 is 0 Å². The first kappa shape index (κ1) is 11.3. The Hall–Kier alpha value is -2.22. The van der Waals surface area contributed by atoms with E-state index in [0.29, 0.717) is 5.56 Å². The van der Waals surface area contributed by atoms with Gasteiger partial charge in [0, 0.05) is 18.9 Å². The molecule has 0 heterocycles. The van der Waals surface area contributed by atoms with Crippen molar-refractivity contribution >= 4 is 11.8 Å². The highest BCUT2D eigenvalue weighted by molar-refractivity contribution is 6.09. The number of ketones is 1. The highest BCUT2D eigenvalue weighted by Gasteiger charge is 2.46. The molecule has 0 saturated carbocycles. The van der Waals surface area contributed by atoms with Gasteiger partial charge < -0.3 is 4.74 Å². The van der Waals surface area contributed by atoms with Gasteiger partial charge in [0.1, 0.15) is 11.8 Å². The van der Waals surface area contributed by atoms with Crippen molar-refractivity contribution in [2.75, 3.05) is 0 Å². The summed E-state index contributed by atoms with van der Waals surface area (Å²) in [5.74, 6) is -1.22. The molecule has 1 aliphatic rings. The zero-order chi connectivity index (χ0) is 12.6. The fraction of sp³-hybridized carbons (Fsp3) is 0.250. The number of benzene rings is 1. The Labute approximate surface area is 96.6 Å². The van der Waals surface area contributed by atoms with Crippen LogP contribution in [0.15, 0.2) is 18.2 Å². The summed E-state index contributed by atoms with van der Waals surface area (Å²) < 4.78 is 18.6. The van der Waals surface area contributed by atoms with Gasteiger partial charge in [-0.15, -0.1) is 0 Å². The lowest BCUT2D eigenvalue weighted by Gasteiger charge is -2.04. The molecular formula is C12H8FNO3. The molecule has 0 bridgehead atoms. The molecule has 2 rings (SSSR count). The molecule has 4 nitrogen and oxygen atoms in total. The quantitative estimate of drug-likeness (QED) is 0.545. The Morgan fingerprint density at radius 2 is 2.29 bits per heavy atom. The van der Waals surface area contributed by atoms with Crippen molar-refractivity contribution in [1.82, 2.24) is 0 Å². The minimum Gasteiger partial charge on any atom is -0.427 e. The number of carbonyl (C=O) groups excluding carboxylic acids is 2. The van der Waals surface area contributed by atoms with E-state index < -0.39 is 17.4 Å². The Morgan fingerprint density at radius 3 is 2.88 bits per heavy atom. The van der Waals surface area contributed by atoms with E-state index in [4.69, 9.17) is 10.00 Å². The maximum absolute atomic E-state index is 13.8. The third kappa shape index (κ3) is 1.78. The molecule has 0 saturated heterocycles. The van der Waals surface area contributed by atoms with E-state index in [1.165, 1.54) is 31.2 Å². The van der Waals surface area contributed by atoms with E-state index in [-0.39, 0.29) is 17.7 Å². The molecule has 86 valence electrons. The third-order valence-electron chi connectivity index (χ3n) is 2.56. The number of hydrogen-bond donors (Lipinski definition) is 0. The van der Waals surface area contributed by atoms with Gasteiger partial charge in [-0.25, -0.2) is 4.39 Å². The number of hydrogen-bond acceptors (Lipinski definition) is 4. The number of halogens is 1. The Kier molecular flexibility index (Phi) is 2.43. The van der Waals surface area contributed by atoms with Gasteiger partial charge >= 0.3 is 5.97 Å². The summed E-state index contributed by atoms with van der Waals surface area (Å²) in [4.78, 5) is 22.4. The maximum atomic E-state index is 13.8. The van der Waals surface area contributed by atoms with Crippen LogP contribution in [-0.2, 0) is 11.2 Å². The van der Waals surface area contributed by atoms with Crippen molar-refractivity contribution in [1.29, 1.82) is 5.26 Å². The molecule has 0 aliphatic heterocycles. The number of Topliss-reactive ketones (excluding diaryl/α,β-unsaturated/α-hetero) is 1. The van der Waals surface area contributed by atoms with Crippen LogP contribution in [0.3, 0.4) is 0 Å². The Bertz CT molecular complexity index is 561. The number of ether oxygens (including phenoxy) is 1. The largest absolute Gasteiger partial charge is 0.427 e. The van der Waals surface area contributed by atoms with Gasteiger partial charge in [-0.2, -0.15) is 5.26 Å². The fourth-order valence-corrected chi connectivity index (χ4v) is 1.80. The van der Waals surface area contributed by atoms with Gasteiger partial charge in [0.15, 0.2) is 0 Å². The van der Waals surface area contributed by atoms with Crippen LogP contribution in [0.1, 0.15) is 22.8 Å². The van der Waals surface area contributed by atoms with Crippen molar-refractivity contribution in [3.05, 3.63) is 29.3 Å². The minimum absolute atomic E-state index is 0.104. The Morgan fingerprint density at radius 1 is 1.59 bits per heavy atom. The number of rotatable bonds is 1. The van der Waals surface area contributed by atoms with Crippen molar-refractivity contribution in [3.8, 4) is 11.8 Å². The summed E-state index contributed by atoms with van der Waals surface area (Å²) in [6.45, 7) is 1.23. The summed E-state index contributed by atoms with van der Waals surface area (Å²) in [7, 11) is 0. The molecule has 0 radical (unpaired) electrons. The molecule has 0 spiro atoms. The Balaban J connectivity index is 2.42. The lowest BCUT2D eigenvalue weighted by Crippen LogP contribution is -2.27. The first-order valence-electron chi connectivity index (χ1n) is 4.92. The van der Waals surface area contributed by atoms with Crippen molar-refractivity contribution in [2.45, 2.75) is 19.0 Å². The molecule has 0 aromatic heterocycles. The zero-order valence-electron chi connectivity index (χ0n) is 8.99. The smallest absolute Gasteiger partial charge is 0.308 e. The molecular weight excluding hydrogens is 225 g/mol. The lowest BCUT2D eigenvalue weighted by atomic mass is 10.0. The van der Waals surface area contributed by atoms with Crippen LogP contribution in [-0.4, -0.2) is 17.4 Å². The summed E-state index contributed by atoms with van der Waals surface area (Å²) >= 11 is 0.